The van der Waals surface area contributed by atoms with E-state index in [0.717, 1.165) is 6.07 Å². The number of halogens is 5. The number of hydrogen-bond donors (Lipinski definition) is 0. The van der Waals surface area contributed by atoms with Crippen LogP contribution in [0.5, 0.6) is 0 Å². The van der Waals surface area contributed by atoms with E-state index in [9.17, 15) is 22.4 Å². The molecule has 2 rings (SSSR count). The van der Waals surface area contributed by atoms with Gasteiger partial charge in [0.05, 0.1) is 10.6 Å². The summed E-state index contributed by atoms with van der Waals surface area (Å²) in [6.07, 6.45) is -3.55. The van der Waals surface area contributed by atoms with E-state index in [-0.39, 0.29) is 10.7 Å². The van der Waals surface area contributed by atoms with Gasteiger partial charge < -0.3 is 0 Å². The van der Waals surface area contributed by atoms with Crippen LogP contribution in [-0.2, 0) is 6.18 Å². The van der Waals surface area contributed by atoms with Gasteiger partial charge in [-0.2, -0.15) is 13.2 Å². The number of hydrogen-bond acceptors (Lipinski definition) is 2. The predicted molar refractivity (Wildman–Crippen MR) is 64.1 cm³/mol. The molecule has 0 spiro atoms. The normalized spacial score (nSPS) is 11.4. The van der Waals surface area contributed by atoms with Crippen LogP contribution in [0.25, 0.3) is 0 Å². The number of rotatable bonds is 2. The highest BCUT2D eigenvalue weighted by molar-refractivity contribution is 6.30. The number of carbonyl (C=O) groups excluding carboxylic acids is 1. The van der Waals surface area contributed by atoms with Gasteiger partial charge in [-0.25, -0.2) is 4.39 Å². The summed E-state index contributed by atoms with van der Waals surface area (Å²) >= 11 is 5.59. The molecule has 0 unspecified atom stereocenters. The van der Waals surface area contributed by atoms with Crippen LogP contribution < -0.4 is 0 Å². The summed E-state index contributed by atoms with van der Waals surface area (Å²) in [5.74, 6) is -1.95. The van der Waals surface area contributed by atoms with Crippen molar-refractivity contribution in [2.24, 2.45) is 0 Å². The Morgan fingerprint density at radius 2 is 1.85 bits per heavy atom. The molecule has 0 aliphatic carbocycles. The van der Waals surface area contributed by atoms with Crippen LogP contribution in [0.1, 0.15) is 21.6 Å². The molecule has 0 aliphatic heterocycles. The van der Waals surface area contributed by atoms with Crippen molar-refractivity contribution in [1.29, 1.82) is 0 Å². The zero-order valence-corrected chi connectivity index (χ0v) is 10.5. The summed E-state index contributed by atoms with van der Waals surface area (Å²) < 4.78 is 50.9. The molecule has 0 radical (unpaired) electrons. The molecule has 1 heterocycles. The average molecular weight is 304 g/mol. The van der Waals surface area contributed by atoms with E-state index in [1.165, 1.54) is 18.3 Å². The molecular weight excluding hydrogens is 298 g/mol. The molecule has 104 valence electrons. The van der Waals surface area contributed by atoms with Crippen molar-refractivity contribution in [3.05, 3.63) is 64.2 Å². The van der Waals surface area contributed by atoms with Gasteiger partial charge in [0, 0.05) is 11.8 Å². The number of benzene rings is 1. The minimum absolute atomic E-state index is 0.117. The third-order valence-corrected chi connectivity index (χ3v) is 2.67. The molecule has 7 heteroatoms. The smallest absolute Gasteiger partial charge is 0.287 e. The second-order valence-electron chi connectivity index (χ2n) is 3.92. The van der Waals surface area contributed by atoms with Crippen molar-refractivity contribution in [3.63, 3.8) is 0 Å². The molecular formula is C13H6ClF4NO. The molecule has 0 fully saturated rings. The van der Waals surface area contributed by atoms with E-state index in [2.05, 4.69) is 4.98 Å². The van der Waals surface area contributed by atoms with Gasteiger partial charge in [0.2, 0.25) is 5.78 Å². The summed E-state index contributed by atoms with van der Waals surface area (Å²) in [7, 11) is 0. The fourth-order valence-electron chi connectivity index (χ4n) is 1.54. The third-order valence-electron chi connectivity index (χ3n) is 2.45. The Kier molecular flexibility index (Phi) is 3.76. The maximum Gasteiger partial charge on any atom is 0.416 e. The average Bonchev–Trinajstić information content (AvgIpc) is 2.37. The lowest BCUT2D eigenvalue weighted by Crippen LogP contribution is -2.10. The highest BCUT2D eigenvalue weighted by atomic mass is 35.5. The Hall–Kier alpha value is -1.95. The molecule has 0 saturated carbocycles. The summed E-state index contributed by atoms with van der Waals surface area (Å²) in [4.78, 5) is 15.6. The van der Waals surface area contributed by atoms with Crippen molar-refractivity contribution in [2.45, 2.75) is 6.18 Å². The van der Waals surface area contributed by atoms with Gasteiger partial charge in [0.25, 0.3) is 0 Å². The number of ketones is 1. The van der Waals surface area contributed by atoms with Gasteiger partial charge in [0.15, 0.2) is 0 Å². The molecule has 1 aromatic heterocycles. The fraction of sp³-hybridized carbons (Fsp3) is 0.0769. The molecule has 0 bridgehead atoms. The molecule has 0 amide bonds. The zero-order valence-electron chi connectivity index (χ0n) is 9.71. The van der Waals surface area contributed by atoms with Crippen LogP contribution in [-0.4, -0.2) is 10.8 Å². The fourth-order valence-corrected chi connectivity index (χ4v) is 1.65. The Labute approximate surface area is 116 Å². The van der Waals surface area contributed by atoms with Crippen LogP contribution >= 0.6 is 11.6 Å². The first-order valence-corrected chi connectivity index (χ1v) is 5.69. The lowest BCUT2D eigenvalue weighted by Gasteiger charge is -2.08. The van der Waals surface area contributed by atoms with Crippen LogP contribution in [0.15, 0.2) is 36.5 Å². The Bertz CT molecular complexity index is 652. The molecule has 1 aromatic carbocycles. The molecule has 0 aliphatic rings. The molecule has 0 saturated heterocycles. The highest BCUT2D eigenvalue weighted by Gasteiger charge is 2.32. The second kappa shape index (κ2) is 5.20. The van der Waals surface area contributed by atoms with Gasteiger partial charge in [-0.3, -0.25) is 9.78 Å². The first-order valence-electron chi connectivity index (χ1n) is 5.31. The Balaban J connectivity index is 2.45. The summed E-state index contributed by atoms with van der Waals surface area (Å²) in [6, 6.07) is 4.26. The number of alkyl halides is 3. The lowest BCUT2D eigenvalue weighted by molar-refractivity contribution is -0.137. The minimum Gasteiger partial charge on any atom is -0.287 e. The van der Waals surface area contributed by atoms with Crippen LogP contribution in [0.4, 0.5) is 17.6 Å². The van der Waals surface area contributed by atoms with Gasteiger partial charge in [0.1, 0.15) is 11.5 Å². The highest BCUT2D eigenvalue weighted by Crippen LogP contribution is 2.30. The van der Waals surface area contributed by atoms with E-state index in [1.807, 2.05) is 0 Å². The second-order valence-corrected chi connectivity index (χ2v) is 4.35. The summed E-state index contributed by atoms with van der Waals surface area (Å²) in [5.41, 5.74) is -1.77. The van der Waals surface area contributed by atoms with Crippen molar-refractivity contribution in [2.75, 3.05) is 0 Å². The Morgan fingerprint density at radius 3 is 2.40 bits per heavy atom. The maximum atomic E-state index is 13.2. The van der Waals surface area contributed by atoms with Gasteiger partial charge in [-0.1, -0.05) is 11.6 Å². The number of pyridine rings is 1. The standard InChI is InChI=1S/C13H6ClF4NO/c14-9-1-2-11(19-6-9)12(20)7-3-8(13(16,17)18)5-10(15)4-7/h1-6H. The zero-order chi connectivity index (χ0) is 14.9. The van der Waals surface area contributed by atoms with Crippen LogP contribution in [0.3, 0.4) is 0 Å². The number of aromatic nitrogens is 1. The monoisotopic (exact) mass is 303 g/mol. The van der Waals surface area contributed by atoms with Crippen molar-refractivity contribution in [1.82, 2.24) is 4.98 Å². The van der Waals surface area contributed by atoms with Gasteiger partial charge in [-0.05, 0) is 30.3 Å². The molecule has 2 aromatic rings. The van der Waals surface area contributed by atoms with Crippen LogP contribution in [0, 0.1) is 5.82 Å². The first-order chi connectivity index (χ1) is 9.27. The van der Waals surface area contributed by atoms with E-state index in [0.29, 0.717) is 12.1 Å². The van der Waals surface area contributed by atoms with Gasteiger partial charge in [-0.15, -0.1) is 0 Å². The van der Waals surface area contributed by atoms with E-state index >= 15 is 0 Å². The summed E-state index contributed by atoms with van der Waals surface area (Å²) in [6.45, 7) is 0. The number of nitrogens with zero attached hydrogens (tertiary/aromatic N) is 1. The predicted octanol–water partition coefficient (Wildman–Crippen LogP) is 4.12. The molecule has 0 N–H and O–H groups in total. The number of carbonyl (C=O) groups is 1. The lowest BCUT2D eigenvalue weighted by atomic mass is 10.0. The largest absolute Gasteiger partial charge is 0.416 e. The van der Waals surface area contributed by atoms with E-state index in [1.54, 1.807) is 0 Å². The van der Waals surface area contributed by atoms with Crippen molar-refractivity contribution < 1.29 is 22.4 Å². The van der Waals surface area contributed by atoms with Gasteiger partial charge >= 0.3 is 6.18 Å². The topological polar surface area (TPSA) is 30.0 Å². The van der Waals surface area contributed by atoms with Crippen LogP contribution in [0.2, 0.25) is 5.02 Å². The quantitative estimate of drug-likeness (QED) is 0.617. The maximum absolute atomic E-state index is 13.2. The van der Waals surface area contributed by atoms with Crippen molar-refractivity contribution in [3.8, 4) is 0 Å². The minimum atomic E-state index is -4.73. The SMILES string of the molecule is O=C(c1cc(F)cc(C(F)(F)F)c1)c1ccc(Cl)cn1. The van der Waals surface area contributed by atoms with E-state index in [4.69, 9.17) is 11.6 Å². The Morgan fingerprint density at radius 1 is 1.15 bits per heavy atom. The first kappa shape index (κ1) is 14.5. The third kappa shape index (κ3) is 3.14. The molecule has 0 atom stereocenters. The summed E-state index contributed by atoms with van der Waals surface area (Å²) in [5, 5.41) is 0.275. The van der Waals surface area contributed by atoms with E-state index < -0.39 is 28.9 Å². The molecule has 20 heavy (non-hydrogen) atoms. The van der Waals surface area contributed by atoms with Crippen molar-refractivity contribution >= 4 is 17.4 Å². The molecule has 2 nitrogen and oxygen atoms in total.